The fourth-order valence-electron chi connectivity index (χ4n) is 4.85. The van der Waals surface area contributed by atoms with Gasteiger partial charge >= 0.3 is 0 Å². The Labute approximate surface area is 169 Å². The Morgan fingerprint density at radius 1 is 0.615 bits per heavy atom. The van der Waals surface area contributed by atoms with Crippen molar-refractivity contribution in [1.82, 2.24) is 0 Å². The summed E-state index contributed by atoms with van der Waals surface area (Å²) >= 11 is 2.47. The molecule has 0 bridgehead atoms. The summed E-state index contributed by atoms with van der Waals surface area (Å²) in [7, 11) is 0. The molecular formula is C24H22IN. The van der Waals surface area contributed by atoms with E-state index in [2.05, 4.69) is 114 Å². The summed E-state index contributed by atoms with van der Waals surface area (Å²) in [4.78, 5) is 0. The standard InChI is InChI=1S/C24H22IN/c1-23(2)17-10-6-5-9-15(17)16-13-20-22(14-19(16)23)26(25)21-12-8-7-11-18(21)24(20,3)4/h5-14H,1-4H3. The zero-order valence-corrected chi connectivity index (χ0v) is 17.8. The highest BCUT2D eigenvalue weighted by atomic mass is 127. The van der Waals surface area contributed by atoms with Crippen LogP contribution in [0.1, 0.15) is 49.9 Å². The van der Waals surface area contributed by atoms with Gasteiger partial charge in [-0.2, -0.15) is 0 Å². The van der Waals surface area contributed by atoms with Crippen molar-refractivity contribution in [2.75, 3.05) is 3.11 Å². The van der Waals surface area contributed by atoms with Crippen LogP contribution in [0.15, 0.2) is 60.7 Å². The van der Waals surface area contributed by atoms with Crippen LogP contribution in [0.3, 0.4) is 0 Å². The van der Waals surface area contributed by atoms with E-state index in [9.17, 15) is 0 Å². The van der Waals surface area contributed by atoms with Crippen molar-refractivity contribution in [3.8, 4) is 11.1 Å². The molecule has 26 heavy (non-hydrogen) atoms. The molecule has 130 valence electrons. The van der Waals surface area contributed by atoms with Crippen molar-refractivity contribution in [2.24, 2.45) is 0 Å². The summed E-state index contributed by atoms with van der Waals surface area (Å²) in [5, 5.41) is 0. The summed E-state index contributed by atoms with van der Waals surface area (Å²) in [6.45, 7) is 9.41. The fourth-order valence-corrected chi connectivity index (χ4v) is 5.67. The maximum Gasteiger partial charge on any atom is 0.0646 e. The number of fused-ring (bicyclic) bond motifs is 5. The molecule has 5 rings (SSSR count). The maximum atomic E-state index is 2.47. The molecule has 0 atom stereocenters. The topological polar surface area (TPSA) is 3.24 Å². The minimum absolute atomic E-state index is 0.00962. The van der Waals surface area contributed by atoms with E-state index >= 15 is 0 Å². The molecule has 1 aliphatic heterocycles. The van der Waals surface area contributed by atoms with E-state index in [1.54, 1.807) is 0 Å². The van der Waals surface area contributed by atoms with Gasteiger partial charge in [0.05, 0.1) is 34.2 Å². The maximum absolute atomic E-state index is 2.47. The number of para-hydroxylation sites is 1. The van der Waals surface area contributed by atoms with Crippen LogP contribution in [0.25, 0.3) is 11.1 Å². The first-order valence-electron chi connectivity index (χ1n) is 9.18. The molecule has 0 aromatic heterocycles. The Kier molecular flexibility index (Phi) is 3.23. The number of nitrogens with zero attached hydrogens (tertiary/aromatic N) is 1. The highest BCUT2D eigenvalue weighted by Gasteiger charge is 2.41. The molecule has 3 aromatic rings. The van der Waals surface area contributed by atoms with Crippen molar-refractivity contribution in [2.45, 2.75) is 38.5 Å². The minimum Gasteiger partial charge on any atom is -0.282 e. The molecule has 0 radical (unpaired) electrons. The van der Waals surface area contributed by atoms with Crippen LogP contribution in [0.2, 0.25) is 0 Å². The van der Waals surface area contributed by atoms with Crippen LogP contribution in [0.4, 0.5) is 11.4 Å². The first-order chi connectivity index (χ1) is 12.3. The van der Waals surface area contributed by atoms with Crippen molar-refractivity contribution in [1.29, 1.82) is 0 Å². The van der Waals surface area contributed by atoms with E-state index in [4.69, 9.17) is 0 Å². The largest absolute Gasteiger partial charge is 0.282 e. The zero-order chi connectivity index (χ0) is 18.3. The summed E-state index contributed by atoms with van der Waals surface area (Å²) < 4.78 is 2.34. The molecule has 0 spiro atoms. The number of hydrogen-bond donors (Lipinski definition) is 0. The highest BCUT2D eigenvalue weighted by Crippen LogP contribution is 2.56. The van der Waals surface area contributed by atoms with Crippen LogP contribution < -0.4 is 3.11 Å². The molecule has 2 aliphatic rings. The summed E-state index contributed by atoms with van der Waals surface area (Å²) in [6, 6.07) is 22.6. The molecule has 0 fully saturated rings. The van der Waals surface area contributed by atoms with Gasteiger partial charge in [-0.3, -0.25) is 3.11 Å². The second-order valence-electron chi connectivity index (χ2n) is 8.51. The van der Waals surface area contributed by atoms with Gasteiger partial charge in [-0.15, -0.1) is 0 Å². The normalized spacial score (nSPS) is 18.0. The molecule has 3 aromatic carbocycles. The molecular weight excluding hydrogens is 429 g/mol. The third-order valence-corrected chi connectivity index (χ3v) is 7.41. The molecule has 0 saturated carbocycles. The van der Waals surface area contributed by atoms with Crippen molar-refractivity contribution in [3.63, 3.8) is 0 Å². The van der Waals surface area contributed by atoms with Gasteiger partial charge in [0.15, 0.2) is 0 Å². The average molecular weight is 451 g/mol. The lowest BCUT2D eigenvalue weighted by atomic mass is 9.72. The van der Waals surface area contributed by atoms with E-state index < -0.39 is 0 Å². The van der Waals surface area contributed by atoms with Crippen LogP contribution in [-0.2, 0) is 10.8 Å². The van der Waals surface area contributed by atoms with Crippen molar-refractivity contribution < 1.29 is 0 Å². The molecule has 0 N–H and O–H groups in total. The van der Waals surface area contributed by atoms with Crippen LogP contribution in [-0.4, -0.2) is 0 Å². The van der Waals surface area contributed by atoms with Gasteiger partial charge in [-0.05, 0) is 51.6 Å². The molecule has 1 nitrogen and oxygen atoms in total. The summed E-state index contributed by atoms with van der Waals surface area (Å²) in [5.41, 5.74) is 11.1. The Morgan fingerprint density at radius 3 is 2.00 bits per heavy atom. The Hall–Kier alpha value is -1.81. The van der Waals surface area contributed by atoms with Gasteiger partial charge in [0.1, 0.15) is 0 Å². The average Bonchev–Trinajstić information content (AvgIpc) is 2.87. The van der Waals surface area contributed by atoms with Gasteiger partial charge in [0.2, 0.25) is 0 Å². The number of rotatable bonds is 0. The lowest BCUT2D eigenvalue weighted by Crippen LogP contribution is -2.29. The van der Waals surface area contributed by atoms with Gasteiger partial charge in [0, 0.05) is 10.8 Å². The highest BCUT2D eigenvalue weighted by molar-refractivity contribution is 14.1. The molecule has 1 heterocycles. The summed E-state index contributed by atoms with van der Waals surface area (Å²) in [6.07, 6.45) is 0. The van der Waals surface area contributed by atoms with E-state index in [0.717, 1.165) is 0 Å². The quantitative estimate of drug-likeness (QED) is 0.260. The second kappa shape index (κ2) is 5.13. The summed E-state index contributed by atoms with van der Waals surface area (Å²) in [5.74, 6) is 0. The van der Waals surface area contributed by atoms with Gasteiger partial charge in [-0.25, -0.2) is 0 Å². The van der Waals surface area contributed by atoms with E-state index in [1.807, 2.05) is 0 Å². The van der Waals surface area contributed by atoms with Crippen molar-refractivity contribution in [3.05, 3.63) is 82.9 Å². The molecule has 0 amide bonds. The lowest BCUT2D eigenvalue weighted by molar-refractivity contribution is 0.631. The SMILES string of the molecule is CC1(C)c2ccccc2-c2cc3c(cc21)N(I)c1ccccc1C3(C)C. The predicted molar refractivity (Wildman–Crippen MR) is 119 cm³/mol. The van der Waals surface area contributed by atoms with Gasteiger partial charge in [-0.1, -0.05) is 70.2 Å². The van der Waals surface area contributed by atoms with Crippen LogP contribution in [0.5, 0.6) is 0 Å². The Balaban J connectivity index is 1.84. The van der Waals surface area contributed by atoms with E-state index in [-0.39, 0.29) is 10.8 Å². The minimum atomic E-state index is -0.00962. The first-order valence-corrected chi connectivity index (χ1v) is 10.1. The number of anilines is 2. The monoisotopic (exact) mass is 451 g/mol. The first kappa shape index (κ1) is 16.4. The second-order valence-corrected chi connectivity index (χ2v) is 9.47. The Morgan fingerprint density at radius 2 is 1.23 bits per heavy atom. The van der Waals surface area contributed by atoms with Crippen LogP contribution in [0, 0.1) is 0 Å². The molecule has 0 unspecified atom stereocenters. The lowest BCUT2D eigenvalue weighted by Gasteiger charge is -2.40. The Bertz CT molecular complexity index is 1060. The number of hydrogen-bond acceptors (Lipinski definition) is 1. The zero-order valence-electron chi connectivity index (χ0n) is 15.6. The molecule has 1 aliphatic carbocycles. The number of benzene rings is 3. The van der Waals surface area contributed by atoms with E-state index in [1.165, 1.54) is 44.8 Å². The van der Waals surface area contributed by atoms with Crippen molar-refractivity contribution >= 4 is 34.2 Å². The molecule has 0 saturated heterocycles. The van der Waals surface area contributed by atoms with E-state index in [0.29, 0.717) is 0 Å². The smallest absolute Gasteiger partial charge is 0.0646 e. The fraction of sp³-hybridized carbons (Fsp3) is 0.250. The van der Waals surface area contributed by atoms with Gasteiger partial charge in [0.25, 0.3) is 0 Å². The third-order valence-electron chi connectivity index (χ3n) is 6.37. The third kappa shape index (κ3) is 1.91. The van der Waals surface area contributed by atoms with Crippen LogP contribution >= 0.6 is 22.9 Å². The van der Waals surface area contributed by atoms with Gasteiger partial charge < -0.3 is 0 Å². The molecule has 2 heteroatoms. The number of halogens is 1. The predicted octanol–water partition coefficient (Wildman–Crippen LogP) is 7.12.